The minimum Gasteiger partial charge on any atom is -0.462 e. The fourth-order valence-electron chi connectivity index (χ4n) is 8.29. The molecule has 2 N–H and O–H groups in total. The van der Waals surface area contributed by atoms with Crippen molar-refractivity contribution in [3.8, 4) is 0 Å². The van der Waals surface area contributed by atoms with Gasteiger partial charge in [-0.2, -0.15) is 0 Å². The summed E-state index contributed by atoms with van der Waals surface area (Å²) in [5.41, 5.74) is 0. The lowest BCUT2D eigenvalue weighted by Gasteiger charge is -2.21. The minimum absolute atomic E-state index is 0.164. The number of allylic oxidation sites excluding steroid dienone is 10. The van der Waals surface area contributed by atoms with Crippen molar-refractivity contribution in [3.05, 3.63) is 60.8 Å². The van der Waals surface area contributed by atoms with Gasteiger partial charge in [0.1, 0.15) is 12.7 Å². The Morgan fingerprint density at radius 2 is 0.716 bits per heavy atom. The van der Waals surface area contributed by atoms with Crippen molar-refractivity contribution in [3.63, 3.8) is 0 Å². The summed E-state index contributed by atoms with van der Waals surface area (Å²) in [6.07, 6.45) is 61.8. The number of hydrogen-bond acceptors (Lipinski definition) is 10. The molecule has 0 aliphatic heterocycles. The monoisotopic (exact) mass is 1060 g/mol. The molecule has 0 fully saturated rings. The Hall–Kier alpha value is -2.82. The van der Waals surface area contributed by atoms with E-state index in [-0.39, 0.29) is 25.9 Å². The second kappa shape index (κ2) is 56.4. The van der Waals surface area contributed by atoms with Crippen LogP contribution in [0.3, 0.4) is 0 Å². The molecule has 0 aromatic heterocycles. The molecular weight excluding hydrogens is 952 g/mol. The third kappa shape index (κ3) is 54.0. The molecule has 74 heavy (non-hydrogen) atoms. The molecule has 3 atom stereocenters. The third-order valence-corrected chi connectivity index (χ3v) is 13.8. The molecule has 0 aromatic carbocycles. The molecule has 0 saturated heterocycles. The summed E-state index contributed by atoms with van der Waals surface area (Å²) in [4.78, 5) is 48.6. The zero-order chi connectivity index (χ0) is 54.1. The van der Waals surface area contributed by atoms with Crippen molar-refractivity contribution in [1.82, 2.24) is 0 Å². The highest BCUT2D eigenvalue weighted by Gasteiger charge is 2.28. The molecule has 0 bridgehead atoms. The van der Waals surface area contributed by atoms with Crippen molar-refractivity contribution in [2.24, 2.45) is 0 Å². The van der Waals surface area contributed by atoms with Gasteiger partial charge in [0.2, 0.25) is 0 Å². The van der Waals surface area contributed by atoms with Gasteiger partial charge in [0.25, 0.3) is 0 Å². The highest BCUT2D eigenvalue weighted by Crippen LogP contribution is 2.43. The Balaban J connectivity index is 4.65. The van der Waals surface area contributed by atoms with Gasteiger partial charge in [-0.05, 0) is 96.3 Å². The standard InChI is InChI=1S/C62H111O11P/c1-4-7-10-13-16-19-22-24-26-28-29-31-33-35-38-41-44-47-50-53-62(66)73-59(55-69-60(64)51-48-45-42-39-36-21-18-15-12-9-6-3)57-71-74(67,68)70-56-58(54-63)72-61(65)52-49-46-43-40-37-34-32-30-27-25-23-20-17-14-11-8-5-2/h8,11,15,17-18,20,24-27,58-59,63H,4-7,9-10,12-14,16,19,21-23,28-57H2,1-3H3,(H,67,68)/b11-8-,18-15-,20-17-,26-24-,27-25-. The van der Waals surface area contributed by atoms with E-state index in [1.807, 2.05) is 0 Å². The number of carbonyl (C=O) groups is 3. The number of rotatable bonds is 56. The first-order valence-electron chi connectivity index (χ1n) is 30.2. The molecule has 0 spiro atoms. The van der Waals surface area contributed by atoms with Crippen molar-refractivity contribution in [2.75, 3.05) is 26.4 Å². The molecule has 12 heteroatoms. The predicted octanol–water partition coefficient (Wildman–Crippen LogP) is 17.9. The SMILES string of the molecule is CC/C=C\C/C=C\C/C=C\CCCCCCCCCC(=O)OC(CO)COP(=O)(O)OCC(COC(=O)CCCCCCC/C=C\CCCC)OC(=O)CCCCCCCCCCC/C=C\CCCCCCCC. The number of carbonyl (C=O) groups excluding carboxylic acids is 3. The highest BCUT2D eigenvalue weighted by atomic mass is 31.2. The molecule has 0 saturated carbocycles. The van der Waals surface area contributed by atoms with Crippen LogP contribution in [0.5, 0.6) is 0 Å². The molecule has 11 nitrogen and oxygen atoms in total. The largest absolute Gasteiger partial charge is 0.472 e. The van der Waals surface area contributed by atoms with E-state index in [1.54, 1.807) is 0 Å². The minimum atomic E-state index is -4.75. The van der Waals surface area contributed by atoms with Crippen LogP contribution >= 0.6 is 7.82 Å². The van der Waals surface area contributed by atoms with Crippen LogP contribution in [-0.2, 0) is 42.2 Å². The molecule has 3 unspecified atom stereocenters. The van der Waals surface area contributed by atoms with Crippen LogP contribution < -0.4 is 0 Å². The van der Waals surface area contributed by atoms with Gasteiger partial charge < -0.3 is 24.2 Å². The molecule has 430 valence electrons. The number of unbranched alkanes of at least 4 members (excludes halogenated alkanes) is 29. The van der Waals surface area contributed by atoms with Gasteiger partial charge in [0.15, 0.2) is 6.10 Å². The van der Waals surface area contributed by atoms with Crippen molar-refractivity contribution in [2.45, 2.75) is 290 Å². The van der Waals surface area contributed by atoms with Crippen molar-refractivity contribution < 1.29 is 52.2 Å². The average Bonchev–Trinajstić information content (AvgIpc) is 3.39. The van der Waals surface area contributed by atoms with E-state index in [9.17, 15) is 28.9 Å². The van der Waals surface area contributed by atoms with Crippen LogP contribution in [0.25, 0.3) is 0 Å². The molecule has 0 rings (SSSR count). The van der Waals surface area contributed by atoms with E-state index in [0.717, 1.165) is 109 Å². The Morgan fingerprint density at radius 3 is 1.14 bits per heavy atom. The lowest BCUT2D eigenvalue weighted by molar-refractivity contribution is -0.161. The van der Waals surface area contributed by atoms with Gasteiger partial charge in [-0.15, -0.1) is 0 Å². The first-order valence-corrected chi connectivity index (χ1v) is 31.7. The molecular formula is C62H111O11P. The van der Waals surface area contributed by atoms with Crippen LogP contribution in [-0.4, -0.2) is 66.5 Å². The molecule has 0 aliphatic carbocycles. The van der Waals surface area contributed by atoms with Crippen molar-refractivity contribution in [1.29, 1.82) is 0 Å². The fourth-order valence-corrected chi connectivity index (χ4v) is 9.07. The topological polar surface area (TPSA) is 155 Å². The first kappa shape index (κ1) is 71.2. The van der Waals surface area contributed by atoms with Gasteiger partial charge >= 0.3 is 25.7 Å². The Kier molecular flexibility index (Phi) is 54.2. The lowest BCUT2D eigenvalue weighted by atomic mass is 10.1. The number of phosphoric acid groups is 1. The van der Waals surface area contributed by atoms with E-state index < -0.39 is 57.8 Å². The summed E-state index contributed by atoms with van der Waals surface area (Å²) in [5, 5.41) is 9.83. The van der Waals surface area contributed by atoms with Gasteiger partial charge in [0.05, 0.1) is 19.8 Å². The fraction of sp³-hybridized carbons (Fsp3) is 0.790. The molecule has 0 heterocycles. The second-order valence-electron chi connectivity index (χ2n) is 20.1. The summed E-state index contributed by atoms with van der Waals surface area (Å²) in [6, 6.07) is 0. The summed E-state index contributed by atoms with van der Waals surface area (Å²) >= 11 is 0. The summed E-state index contributed by atoms with van der Waals surface area (Å²) < 4.78 is 39.5. The van der Waals surface area contributed by atoms with Gasteiger partial charge in [-0.25, -0.2) is 4.57 Å². The van der Waals surface area contributed by atoms with Gasteiger partial charge in [-0.3, -0.25) is 23.4 Å². The zero-order valence-corrected chi connectivity index (χ0v) is 48.5. The highest BCUT2D eigenvalue weighted by molar-refractivity contribution is 7.47. The zero-order valence-electron chi connectivity index (χ0n) is 47.6. The van der Waals surface area contributed by atoms with E-state index >= 15 is 0 Å². The maximum absolute atomic E-state index is 12.9. The van der Waals surface area contributed by atoms with Crippen LogP contribution in [0, 0.1) is 0 Å². The quantitative estimate of drug-likeness (QED) is 0.0197. The van der Waals surface area contributed by atoms with Crippen LogP contribution in [0.2, 0.25) is 0 Å². The number of phosphoric ester groups is 1. The summed E-state index contributed by atoms with van der Waals surface area (Å²) in [5.74, 6) is -1.48. The third-order valence-electron chi connectivity index (χ3n) is 12.9. The molecule has 0 aliphatic rings. The van der Waals surface area contributed by atoms with E-state index in [2.05, 4.69) is 81.5 Å². The smallest absolute Gasteiger partial charge is 0.462 e. The number of hydrogen-bond donors (Lipinski definition) is 2. The summed E-state index contributed by atoms with van der Waals surface area (Å²) in [7, 11) is -4.75. The van der Waals surface area contributed by atoms with E-state index in [0.29, 0.717) is 19.3 Å². The maximum atomic E-state index is 12.9. The first-order chi connectivity index (χ1) is 36.2. The van der Waals surface area contributed by atoms with Crippen LogP contribution in [0.1, 0.15) is 278 Å². The molecule has 0 amide bonds. The van der Waals surface area contributed by atoms with Crippen molar-refractivity contribution >= 4 is 25.7 Å². The average molecular weight is 1060 g/mol. The van der Waals surface area contributed by atoms with Crippen LogP contribution in [0.15, 0.2) is 60.8 Å². The number of esters is 3. The lowest BCUT2D eigenvalue weighted by Crippen LogP contribution is -2.30. The number of aliphatic hydroxyl groups is 1. The molecule has 0 aromatic rings. The Bertz CT molecular complexity index is 1470. The second-order valence-corrected chi connectivity index (χ2v) is 21.6. The Morgan fingerprint density at radius 1 is 0.392 bits per heavy atom. The normalized spacial score (nSPS) is 13.7. The van der Waals surface area contributed by atoms with Gasteiger partial charge in [-0.1, -0.05) is 223 Å². The predicted molar refractivity (Wildman–Crippen MR) is 307 cm³/mol. The van der Waals surface area contributed by atoms with Gasteiger partial charge in [0, 0.05) is 19.3 Å². The van der Waals surface area contributed by atoms with E-state index in [1.165, 1.54) is 109 Å². The maximum Gasteiger partial charge on any atom is 0.472 e. The van der Waals surface area contributed by atoms with E-state index in [4.69, 9.17) is 23.3 Å². The summed E-state index contributed by atoms with van der Waals surface area (Å²) in [6.45, 7) is 4.50. The van der Waals surface area contributed by atoms with Crippen LogP contribution in [0.4, 0.5) is 0 Å². The number of aliphatic hydroxyl groups excluding tert-OH is 1. The Labute approximate surface area is 453 Å². The number of ether oxygens (including phenoxy) is 3. The molecule has 0 radical (unpaired) electrons.